The summed E-state index contributed by atoms with van der Waals surface area (Å²) in [5.41, 5.74) is 1.13. The monoisotopic (exact) mass is 277 g/mol. The van der Waals surface area contributed by atoms with Gasteiger partial charge in [-0.3, -0.25) is 10.1 Å². The maximum Gasteiger partial charge on any atom is 0.303 e. The summed E-state index contributed by atoms with van der Waals surface area (Å²) in [6.07, 6.45) is 4.91. The third-order valence-electron chi connectivity index (χ3n) is 2.00. The van der Waals surface area contributed by atoms with E-state index in [0.29, 0.717) is 18.4 Å². The van der Waals surface area contributed by atoms with Gasteiger partial charge in [0.1, 0.15) is 5.50 Å². The molecule has 0 rings (SSSR count). The van der Waals surface area contributed by atoms with E-state index in [2.05, 4.69) is 18.5 Å². The Kier molecular flexibility index (Phi) is 8.86. The van der Waals surface area contributed by atoms with Crippen LogP contribution in [-0.2, 0) is 4.79 Å². The molecule has 0 aliphatic carbocycles. The molecule has 0 aromatic carbocycles. The Morgan fingerprint density at radius 1 is 1.35 bits per heavy atom. The number of hydrogen-bond acceptors (Lipinski definition) is 2. The van der Waals surface area contributed by atoms with E-state index in [9.17, 15) is 4.79 Å². The van der Waals surface area contributed by atoms with Crippen LogP contribution in [0.1, 0.15) is 19.3 Å². The lowest BCUT2D eigenvalue weighted by atomic mass is 10.1. The highest BCUT2D eigenvalue weighted by atomic mass is 35.5. The Morgan fingerprint density at radius 2 is 2.00 bits per heavy atom. The largest absolute Gasteiger partial charge is 0.481 e. The third kappa shape index (κ3) is 8.98. The van der Waals surface area contributed by atoms with Gasteiger partial charge in [0.2, 0.25) is 0 Å². The SMILES string of the molecule is C=C(C=CC(=C)C(Cl)NCCl)CCCC(=O)O. The Bertz CT molecular complexity index is 314. The second kappa shape index (κ2) is 9.28. The number of halogens is 2. The van der Waals surface area contributed by atoms with Crippen molar-refractivity contribution in [1.29, 1.82) is 0 Å². The van der Waals surface area contributed by atoms with Crippen LogP contribution >= 0.6 is 23.2 Å². The minimum Gasteiger partial charge on any atom is -0.481 e. The molecule has 17 heavy (non-hydrogen) atoms. The first-order valence-corrected chi connectivity index (χ1v) is 6.14. The lowest BCUT2D eigenvalue weighted by molar-refractivity contribution is -0.137. The highest BCUT2D eigenvalue weighted by Gasteiger charge is 2.03. The molecule has 1 atom stereocenters. The summed E-state index contributed by atoms with van der Waals surface area (Å²) in [4.78, 5) is 10.3. The van der Waals surface area contributed by atoms with E-state index in [1.54, 1.807) is 12.2 Å². The molecule has 1 unspecified atom stereocenters. The molecule has 0 fully saturated rings. The van der Waals surface area contributed by atoms with Gasteiger partial charge in [0.25, 0.3) is 0 Å². The number of alkyl halides is 2. The molecule has 0 aliphatic heterocycles. The summed E-state index contributed by atoms with van der Waals surface area (Å²) < 4.78 is 0. The maximum atomic E-state index is 10.3. The number of carbonyl (C=O) groups is 1. The highest BCUT2D eigenvalue weighted by Crippen LogP contribution is 2.11. The number of aliphatic carboxylic acids is 1. The molecule has 0 saturated carbocycles. The maximum absolute atomic E-state index is 10.3. The van der Waals surface area contributed by atoms with Gasteiger partial charge in [-0.05, 0) is 18.4 Å². The highest BCUT2D eigenvalue weighted by molar-refractivity contribution is 6.23. The molecule has 0 aliphatic rings. The molecule has 0 aromatic heterocycles. The van der Waals surface area contributed by atoms with Gasteiger partial charge >= 0.3 is 5.97 Å². The van der Waals surface area contributed by atoms with Crippen LogP contribution in [0.2, 0.25) is 0 Å². The van der Waals surface area contributed by atoms with Crippen molar-refractivity contribution in [2.45, 2.75) is 24.8 Å². The number of carboxylic acid groups (broad SMARTS) is 1. The molecule has 5 heteroatoms. The van der Waals surface area contributed by atoms with E-state index in [0.717, 1.165) is 5.57 Å². The van der Waals surface area contributed by atoms with E-state index in [-0.39, 0.29) is 12.4 Å². The zero-order valence-electron chi connectivity index (χ0n) is 9.59. The molecule has 96 valence electrons. The van der Waals surface area contributed by atoms with E-state index in [4.69, 9.17) is 28.3 Å². The molecule has 3 nitrogen and oxygen atoms in total. The topological polar surface area (TPSA) is 49.3 Å². The minimum atomic E-state index is -0.793. The Balaban J connectivity index is 3.94. The van der Waals surface area contributed by atoms with Crippen molar-refractivity contribution < 1.29 is 9.90 Å². The Morgan fingerprint density at radius 3 is 2.53 bits per heavy atom. The Hall–Kier alpha value is -0.770. The van der Waals surface area contributed by atoms with Crippen molar-refractivity contribution in [1.82, 2.24) is 5.32 Å². The minimum absolute atomic E-state index is 0.153. The summed E-state index contributed by atoms with van der Waals surface area (Å²) in [6.45, 7) is 7.60. The average Bonchev–Trinajstić information content (AvgIpc) is 2.25. The lowest BCUT2D eigenvalue weighted by Crippen LogP contribution is -2.22. The van der Waals surface area contributed by atoms with Gasteiger partial charge in [0.15, 0.2) is 0 Å². The van der Waals surface area contributed by atoms with Crippen molar-refractivity contribution in [3.63, 3.8) is 0 Å². The fourth-order valence-electron chi connectivity index (χ4n) is 1.06. The van der Waals surface area contributed by atoms with Crippen LogP contribution in [-0.4, -0.2) is 22.6 Å². The van der Waals surface area contributed by atoms with Crippen molar-refractivity contribution in [3.05, 3.63) is 36.5 Å². The first-order chi connectivity index (χ1) is 7.97. The average molecular weight is 278 g/mol. The van der Waals surface area contributed by atoms with Crippen LogP contribution in [0.4, 0.5) is 0 Å². The normalized spacial score (nSPS) is 12.6. The fourth-order valence-corrected chi connectivity index (χ4v) is 1.44. The predicted molar refractivity (Wildman–Crippen MR) is 72.4 cm³/mol. The molecular weight excluding hydrogens is 261 g/mol. The summed E-state index contributed by atoms with van der Waals surface area (Å²) in [7, 11) is 0. The fraction of sp³-hybridized carbons (Fsp3) is 0.417. The van der Waals surface area contributed by atoms with Crippen molar-refractivity contribution in [3.8, 4) is 0 Å². The first-order valence-electron chi connectivity index (χ1n) is 5.17. The van der Waals surface area contributed by atoms with E-state index < -0.39 is 11.5 Å². The first kappa shape index (κ1) is 16.2. The van der Waals surface area contributed by atoms with Gasteiger partial charge in [0, 0.05) is 6.42 Å². The van der Waals surface area contributed by atoms with Gasteiger partial charge in [0.05, 0.1) is 6.00 Å². The zero-order valence-corrected chi connectivity index (χ0v) is 11.1. The zero-order chi connectivity index (χ0) is 13.3. The van der Waals surface area contributed by atoms with Crippen molar-refractivity contribution >= 4 is 29.2 Å². The van der Waals surface area contributed by atoms with Crippen molar-refractivity contribution in [2.75, 3.05) is 6.00 Å². The van der Waals surface area contributed by atoms with Crippen molar-refractivity contribution in [2.24, 2.45) is 0 Å². The van der Waals surface area contributed by atoms with E-state index in [1.165, 1.54) is 0 Å². The molecule has 0 amide bonds. The van der Waals surface area contributed by atoms with E-state index >= 15 is 0 Å². The second-order valence-corrected chi connectivity index (χ2v) is 4.22. The number of rotatable bonds is 9. The Labute approximate surface area is 112 Å². The quantitative estimate of drug-likeness (QED) is 0.386. The summed E-state index contributed by atoms with van der Waals surface area (Å²) in [6, 6.07) is 0.251. The smallest absolute Gasteiger partial charge is 0.303 e. The van der Waals surface area contributed by atoms with Gasteiger partial charge in [-0.25, -0.2) is 0 Å². The summed E-state index contributed by atoms with van der Waals surface area (Å²) in [5, 5.41) is 11.3. The van der Waals surface area contributed by atoms with Gasteiger partial charge in [-0.15, -0.1) is 23.2 Å². The second-order valence-electron chi connectivity index (χ2n) is 3.51. The molecule has 0 saturated heterocycles. The van der Waals surface area contributed by atoms with Crippen LogP contribution in [0, 0.1) is 0 Å². The number of carboxylic acids is 1. The molecule has 0 spiro atoms. The van der Waals surface area contributed by atoms with Crippen LogP contribution in [0.25, 0.3) is 0 Å². The van der Waals surface area contributed by atoms with Gasteiger partial charge in [-0.2, -0.15) is 0 Å². The van der Waals surface area contributed by atoms with Crippen LogP contribution in [0.5, 0.6) is 0 Å². The van der Waals surface area contributed by atoms with Gasteiger partial charge < -0.3 is 5.11 Å². The number of allylic oxidation sites excluding steroid dienone is 2. The van der Waals surface area contributed by atoms with Crippen LogP contribution < -0.4 is 5.32 Å². The van der Waals surface area contributed by atoms with Gasteiger partial charge in [-0.1, -0.05) is 30.9 Å². The summed E-state index contributed by atoms with van der Waals surface area (Å²) in [5.74, 6) is -0.793. The van der Waals surface area contributed by atoms with Crippen LogP contribution in [0.3, 0.4) is 0 Å². The van der Waals surface area contributed by atoms with Crippen LogP contribution in [0.15, 0.2) is 36.5 Å². The molecule has 2 N–H and O–H groups in total. The lowest BCUT2D eigenvalue weighted by Gasteiger charge is -2.09. The number of hydrogen-bond donors (Lipinski definition) is 2. The molecule has 0 aromatic rings. The molecule has 0 bridgehead atoms. The number of nitrogens with one attached hydrogen (secondary N) is 1. The van der Waals surface area contributed by atoms with E-state index in [1.807, 2.05) is 0 Å². The molecule has 0 heterocycles. The standard InChI is InChI=1S/C12H17Cl2NO2/c1-9(4-3-5-11(16)17)6-7-10(2)12(14)15-8-13/h6-7,12,15H,1-5,8H2,(H,16,17). The predicted octanol–water partition coefficient (Wildman–Crippen LogP) is 3.26. The summed E-state index contributed by atoms with van der Waals surface area (Å²) >= 11 is 11.4. The third-order valence-corrected chi connectivity index (χ3v) is 2.59. The molecule has 0 radical (unpaired) electrons. The molecular formula is C12H17Cl2NO2.